The van der Waals surface area contributed by atoms with Crippen LogP contribution in [0.25, 0.3) is 40.0 Å². The van der Waals surface area contributed by atoms with E-state index < -0.39 is 0 Å². The number of benzene rings is 3. The minimum atomic E-state index is -0.314. The van der Waals surface area contributed by atoms with Gasteiger partial charge in [0.1, 0.15) is 17.0 Å². The molecule has 0 aliphatic carbocycles. The molecule has 7 heteroatoms. The zero-order valence-corrected chi connectivity index (χ0v) is 19.5. The van der Waals surface area contributed by atoms with Crippen molar-refractivity contribution in [3.63, 3.8) is 0 Å². The van der Waals surface area contributed by atoms with E-state index in [0.717, 1.165) is 16.6 Å². The van der Waals surface area contributed by atoms with E-state index >= 15 is 0 Å². The average Bonchev–Trinajstić information content (AvgIpc) is 3.46. The van der Waals surface area contributed by atoms with Crippen molar-refractivity contribution >= 4 is 52.0 Å². The van der Waals surface area contributed by atoms with E-state index in [1.807, 2.05) is 43.3 Å². The van der Waals surface area contributed by atoms with Crippen molar-refractivity contribution in [1.82, 2.24) is 4.98 Å². The molecule has 0 fully saturated rings. The van der Waals surface area contributed by atoms with Crippen LogP contribution >= 0.6 is 23.2 Å². The number of nitrogens with zero attached hydrogens (tertiary/aromatic N) is 1. The summed E-state index contributed by atoms with van der Waals surface area (Å²) in [6, 6.07) is 21.9. The van der Waals surface area contributed by atoms with Crippen LogP contribution in [0.2, 0.25) is 10.0 Å². The average molecular weight is 489 g/mol. The fourth-order valence-electron chi connectivity index (χ4n) is 3.47. The largest absolute Gasteiger partial charge is 0.457 e. The molecule has 5 nitrogen and oxygen atoms in total. The maximum atomic E-state index is 12.5. The smallest absolute Gasteiger partial charge is 0.248 e. The van der Waals surface area contributed by atoms with Crippen molar-refractivity contribution in [3.05, 3.63) is 100 Å². The Kier molecular flexibility index (Phi) is 5.97. The van der Waals surface area contributed by atoms with Gasteiger partial charge >= 0.3 is 0 Å². The topological polar surface area (TPSA) is 68.3 Å². The third-order valence-corrected chi connectivity index (χ3v) is 5.74. The lowest BCUT2D eigenvalue weighted by molar-refractivity contribution is -0.111. The summed E-state index contributed by atoms with van der Waals surface area (Å²) < 4.78 is 11.7. The van der Waals surface area contributed by atoms with Crippen LogP contribution in [0.15, 0.2) is 87.7 Å². The number of rotatable bonds is 5. The Bertz CT molecular complexity index is 1530. The fourth-order valence-corrected chi connectivity index (χ4v) is 3.79. The van der Waals surface area contributed by atoms with Crippen LogP contribution in [0.1, 0.15) is 11.3 Å². The molecule has 3 aromatic carbocycles. The first-order chi connectivity index (χ1) is 16.4. The molecular formula is C27H18Cl2N2O3. The maximum Gasteiger partial charge on any atom is 0.248 e. The van der Waals surface area contributed by atoms with E-state index in [1.54, 1.807) is 42.5 Å². The third-order valence-electron chi connectivity index (χ3n) is 5.16. The van der Waals surface area contributed by atoms with Crippen molar-refractivity contribution in [2.75, 3.05) is 5.32 Å². The standard InChI is InChI=1S/C27H18Cl2N2O3/c1-16-2-11-23-25(14-16)34-27(31-23)21-15-19(7-10-22(21)29)30-26(32)13-9-20-8-12-24(33-20)17-3-5-18(28)6-4-17/h2-15H,1H3,(H,30,32)/b13-9+. The highest BCUT2D eigenvalue weighted by molar-refractivity contribution is 6.33. The molecule has 0 unspecified atom stereocenters. The van der Waals surface area contributed by atoms with Crippen LogP contribution in [-0.4, -0.2) is 10.9 Å². The zero-order chi connectivity index (χ0) is 23.7. The number of halogens is 2. The van der Waals surface area contributed by atoms with Crippen molar-refractivity contribution in [1.29, 1.82) is 0 Å². The van der Waals surface area contributed by atoms with Gasteiger partial charge in [0.15, 0.2) is 5.58 Å². The van der Waals surface area contributed by atoms with E-state index in [2.05, 4.69) is 10.3 Å². The van der Waals surface area contributed by atoms with E-state index in [-0.39, 0.29) is 5.91 Å². The number of aryl methyl sites for hydroxylation is 1. The van der Waals surface area contributed by atoms with Gasteiger partial charge in [-0.3, -0.25) is 4.79 Å². The Morgan fingerprint density at radius 2 is 1.76 bits per heavy atom. The number of carbonyl (C=O) groups excluding carboxylic acids is 1. The minimum Gasteiger partial charge on any atom is -0.457 e. The molecule has 0 atom stereocenters. The second kappa shape index (κ2) is 9.21. The van der Waals surface area contributed by atoms with Crippen LogP contribution in [0.5, 0.6) is 0 Å². The van der Waals surface area contributed by atoms with E-state index in [1.165, 1.54) is 6.08 Å². The number of anilines is 1. The second-order valence-electron chi connectivity index (χ2n) is 7.72. The molecule has 0 spiro atoms. The van der Waals surface area contributed by atoms with Gasteiger partial charge in [0.05, 0.1) is 10.6 Å². The third kappa shape index (κ3) is 4.76. The summed E-state index contributed by atoms with van der Waals surface area (Å²) in [5, 5.41) is 3.96. The number of furan rings is 1. The Labute approximate surface area is 205 Å². The van der Waals surface area contributed by atoms with Gasteiger partial charge in [-0.05, 0) is 85.3 Å². The lowest BCUT2D eigenvalue weighted by Crippen LogP contribution is -2.07. The first-order valence-corrected chi connectivity index (χ1v) is 11.2. The fraction of sp³-hybridized carbons (Fsp3) is 0.0370. The molecule has 0 saturated carbocycles. The van der Waals surface area contributed by atoms with Crippen molar-refractivity contribution in [2.24, 2.45) is 0 Å². The SMILES string of the molecule is Cc1ccc2nc(-c3cc(NC(=O)/C=C/c4ccc(-c5ccc(Cl)cc5)o4)ccc3Cl)oc2c1. The van der Waals surface area contributed by atoms with Gasteiger partial charge in [0.2, 0.25) is 11.8 Å². The molecule has 0 aliphatic rings. The Hall–Kier alpha value is -3.80. The molecule has 5 rings (SSSR count). The molecule has 1 amide bonds. The van der Waals surface area contributed by atoms with E-state index in [4.69, 9.17) is 32.0 Å². The molecule has 34 heavy (non-hydrogen) atoms. The van der Waals surface area contributed by atoms with Crippen molar-refractivity contribution in [3.8, 4) is 22.8 Å². The highest BCUT2D eigenvalue weighted by atomic mass is 35.5. The van der Waals surface area contributed by atoms with Gasteiger partial charge in [-0.15, -0.1) is 0 Å². The quantitative estimate of drug-likeness (QED) is 0.254. The predicted octanol–water partition coefficient (Wildman–Crippen LogP) is 8.02. The summed E-state index contributed by atoms with van der Waals surface area (Å²) in [4.78, 5) is 17.0. The predicted molar refractivity (Wildman–Crippen MR) is 136 cm³/mol. The minimum absolute atomic E-state index is 0.314. The zero-order valence-electron chi connectivity index (χ0n) is 18.0. The number of carbonyl (C=O) groups is 1. The van der Waals surface area contributed by atoms with Gasteiger partial charge in [-0.1, -0.05) is 29.3 Å². The van der Waals surface area contributed by atoms with Crippen LogP contribution in [0, 0.1) is 6.92 Å². The van der Waals surface area contributed by atoms with Crippen LogP contribution in [0.3, 0.4) is 0 Å². The molecular weight excluding hydrogens is 471 g/mol. The highest BCUT2D eigenvalue weighted by Crippen LogP contribution is 2.32. The Morgan fingerprint density at radius 1 is 0.941 bits per heavy atom. The van der Waals surface area contributed by atoms with Gasteiger partial charge in [0, 0.05) is 22.3 Å². The molecule has 0 radical (unpaired) electrons. The van der Waals surface area contributed by atoms with Gasteiger partial charge in [0.25, 0.3) is 0 Å². The number of hydrogen-bond acceptors (Lipinski definition) is 4. The molecule has 0 saturated heterocycles. The maximum absolute atomic E-state index is 12.5. The molecule has 0 bridgehead atoms. The van der Waals surface area contributed by atoms with Gasteiger partial charge < -0.3 is 14.2 Å². The summed E-state index contributed by atoms with van der Waals surface area (Å²) in [5.74, 6) is 1.32. The van der Waals surface area contributed by atoms with Gasteiger partial charge in [-0.2, -0.15) is 0 Å². The molecule has 168 valence electrons. The first kappa shape index (κ1) is 22.0. The molecule has 2 aromatic heterocycles. The van der Waals surface area contributed by atoms with E-state index in [0.29, 0.717) is 44.3 Å². The number of oxazole rings is 1. The number of nitrogens with one attached hydrogen (secondary N) is 1. The number of fused-ring (bicyclic) bond motifs is 1. The molecule has 0 aliphatic heterocycles. The van der Waals surface area contributed by atoms with Crippen molar-refractivity contribution in [2.45, 2.75) is 6.92 Å². The molecule has 2 heterocycles. The monoisotopic (exact) mass is 488 g/mol. The van der Waals surface area contributed by atoms with E-state index in [9.17, 15) is 4.79 Å². The summed E-state index contributed by atoms with van der Waals surface area (Å²) in [7, 11) is 0. The Balaban J connectivity index is 1.31. The van der Waals surface area contributed by atoms with Crippen LogP contribution < -0.4 is 5.32 Å². The number of amides is 1. The van der Waals surface area contributed by atoms with Gasteiger partial charge in [-0.25, -0.2) is 4.98 Å². The molecule has 5 aromatic rings. The summed E-state index contributed by atoms with van der Waals surface area (Å²) in [6.45, 7) is 1.99. The summed E-state index contributed by atoms with van der Waals surface area (Å²) >= 11 is 12.3. The number of aromatic nitrogens is 1. The van der Waals surface area contributed by atoms with Crippen molar-refractivity contribution < 1.29 is 13.6 Å². The normalized spacial score (nSPS) is 11.4. The summed E-state index contributed by atoms with van der Waals surface area (Å²) in [6.07, 6.45) is 3.01. The summed E-state index contributed by atoms with van der Waals surface area (Å²) in [5.41, 5.74) is 4.55. The molecule has 1 N–H and O–H groups in total. The van der Waals surface area contributed by atoms with Crippen LogP contribution in [0.4, 0.5) is 5.69 Å². The lowest BCUT2D eigenvalue weighted by atomic mass is 10.2. The lowest BCUT2D eigenvalue weighted by Gasteiger charge is -2.05. The second-order valence-corrected chi connectivity index (χ2v) is 8.56. The highest BCUT2D eigenvalue weighted by Gasteiger charge is 2.13. The Morgan fingerprint density at radius 3 is 2.59 bits per heavy atom. The first-order valence-electron chi connectivity index (χ1n) is 10.5. The number of hydrogen-bond donors (Lipinski definition) is 1. The van der Waals surface area contributed by atoms with Crippen LogP contribution in [-0.2, 0) is 4.79 Å².